The lowest BCUT2D eigenvalue weighted by Crippen LogP contribution is -1.85. The molecule has 0 amide bonds. The summed E-state index contributed by atoms with van der Waals surface area (Å²) in [6, 6.07) is 13.8. The molecule has 0 saturated heterocycles. The van der Waals surface area contributed by atoms with Crippen molar-refractivity contribution in [3.8, 4) is 22.9 Å². The summed E-state index contributed by atoms with van der Waals surface area (Å²) >= 11 is 0. The number of aldehydes is 1. The number of carbonyl (C=O) groups excluding carboxylic acids is 1. The Balaban J connectivity index is 2.53. The maximum atomic E-state index is 10.7. The van der Waals surface area contributed by atoms with Gasteiger partial charge in [-0.25, -0.2) is 0 Å². The van der Waals surface area contributed by atoms with Crippen molar-refractivity contribution in [1.82, 2.24) is 0 Å². The van der Waals surface area contributed by atoms with Crippen LogP contribution in [0, 0.1) is 11.3 Å². The molecule has 2 aromatic rings. The zero-order chi connectivity index (χ0) is 12.3. The predicted octanol–water partition coefficient (Wildman–Crippen LogP) is 2.74. The average Bonchev–Trinajstić information content (AvgIpc) is 2.39. The Kier molecular flexibility index (Phi) is 2.89. The van der Waals surface area contributed by atoms with Gasteiger partial charge >= 0.3 is 0 Å². The molecule has 1 N–H and O–H groups in total. The zero-order valence-corrected chi connectivity index (χ0v) is 8.92. The van der Waals surface area contributed by atoms with Crippen molar-refractivity contribution in [3.63, 3.8) is 0 Å². The molecule has 2 aromatic carbocycles. The molecule has 0 aromatic heterocycles. The summed E-state index contributed by atoms with van der Waals surface area (Å²) in [4.78, 5) is 10.7. The molecule has 0 fully saturated rings. The second-order valence-corrected chi connectivity index (χ2v) is 3.55. The van der Waals surface area contributed by atoms with Crippen LogP contribution in [0.1, 0.15) is 15.9 Å². The van der Waals surface area contributed by atoms with Gasteiger partial charge in [0, 0.05) is 5.56 Å². The average molecular weight is 223 g/mol. The van der Waals surface area contributed by atoms with Gasteiger partial charge in [-0.1, -0.05) is 24.3 Å². The molecule has 0 aliphatic heterocycles. The molecular weight excluding hydrogens is 214 g/mol. The number of nitrogens with zero attached hydrogens (tertiary/aromatic N) is 1. The molecule has 0 atom stereocenters. The predicted molar refractivity (Wildman–Crippen MR) is 63.6 cm³/mol. The summed E-state index contributed by atoms with van der Waals surface area (Å²) < 4.78 is 0. The molecule has 0 unspecified atom stereocenters. The fourth-order valence-corrected chi connectivity index (χ4v) is 1.61. The molecule has 2 rings (SSSR count). The topological polar surface area (TPSA) is 61.1 Å². The Morgan fingerprint density at radius 1 is 1.12 bits per heavy atom. The van der Waals surface area contributed by atoms with Crippen LogP contribution >= 0.6 is 0 Å². The number of benzene rings is 2. The van der Waals surface area contributed by atoms with Gasteiger partial charge in [-0.3, -0.25) is 4.79 Å². The second-order valence-electron chi connectivity index (χ2n) is 3.55. The molecule has 0 saturated carbocycles. The Hall–Kier alpha value is -2.60. The summed E-state index contributed by atoms with van der Waals surface area (Å²) in [5, 5.41) is 18.6. The highest BCUT2D eigenvalue weighted by atomic mass is 16.3. The first-order chi connectivity index (χ1) is 8.26. The molecule has 3 nitrogen and oxygen atoms in total. The van der Waals surface area contributed by atoms with Gasteiger partial charge in [0.1, 0.15) is 5.75 Å². The van der Waals surface area contributed by atoms with Crippen LogP contribution in [0.4, 0.5) is 0 Å². The van der Waals surface area contributed by atoms with E-state index < -0.39 is 0 Å². The second kappa shape index (κ2) is 4.50. The number of phenols is 1. The number of nitriles is 1. The van der Waals surface area contributed by atoms with E-state index in [-0.39, 0.29) is 11.3 Å². The molecule has 17 heavy (non-hydrogen) atoms. The minimum Gasteiger partial charge on any atom is -0.507 e. The van der Waals surface area contributed by atoms with Gasteiger partial charge < -0.3 is 5.11 Å². The van der Waals surface area contributed by atoms with E-state index in [4.69, 9.17) is 5.26 Å². The number of hydrogen-bond donors (Lipinski definition) is 1. The fraction of sp³-hybridized carbons (Fsp3) is 0. The van der Waals surface area contributed by atoms with Crippen molar-refractivity contribution in [2.75, 3.05) is 0 Å². The third-order valence-corrected chi connectivity index (χ3v) is 2.52. The first-order valence-electron chi connectivity index (χ1n) is 5.04. The van der Waals surface area contributed by atoms with Crippen molar-refractivity contribution < 1.29 is 9.90 Å². The van der Waals surface area contributed by atoms with E-state index in [1.54, 1.807) is 42.5 Å². The van der Waals surface area contributed by atoms with Crippen LogP contribution in [0.15, 0.2) is 42.5 Å². The Bertz CT molecular complexity index is 595. The number of phenolic OH excluding ortho intramolecular Hbond substituents is 1. The third-order valence-electron chi connectivity index (χ3n) is 2.52. The van der Waals surface area contributed by atoms with Crippen LogP contribution in [0.3, 0.4) is 0 Å². The van der Waals surface area contributed by atoms with Crippen molar-refractivity contribution in [1.29, 1.82) is 5.26 Å². The lowest BCUT2D eigenvalue weighted by Gasteiger charge is -2.06. The molecule has 3 heteroatoms. The molecule has 0 heterocycles. The van der Waals surface area contributed by atoms with Gasteiger partial charge in [0.25, 0.3) is 0 Å². The van der Waals surface area contributed by atoms with Gasteiger partial charge in [-0.2, -0.15) is 5.26 Å². The summed E-state index contributed by atoms with van der Waals surface area (Å²) in [6.45, 7) is 0. The molecule has 0 bridgehead atoms. The molecule has 0 spiro atoms. The maximum absolute atomic E-state index is 10.7. The minimum atomic E-state index is -0.0350. The quantitative estimate of drug-likeness (QED) is 0.796. The summed E-state index contributed by atoms with van der Waals surface area (Å²) in [5.74, 6) is -0.0350. The molecule has 0 aliphatic rings. The lowest BCUT2D eigenvalue weighted by molar-refractivity contribution is 0.112. The van der Waals surface area contributed by atoms with Crippen molar-refractivity contribution in [2.24, 2.45) is 0 Å². The monoisotopic (exact) mass is 223 g/mol. The van der Waals surface area contributed by atoms with E-state index in [2.05, 4.69) is 0 Å². The first kappa shape index (κ1) is 10.9. The Morgan fingerprint density at radius 2 is 1.82 bits per heavy atom. The molecule has 82 valence electrons. The standard InChI is InChI=1S/C14H9NO2/c15-8-10-4-6-11(7-5-10)13-3-1-2-12(9-16)14(13)17/h1-7,9,17H. The van der Waals surface area contributed by atoms with Crippen molar-refractivity contribution in [2.45, 2.75) is 0 Å². The fourth-order valence-electron chi connectivity index (χ4n) is 1.61. The minimum absolute atomic E-state index is 0.0350. The largest absolute Gasteiger partial charge is 0.507 e. The number of rotatable bonds is 2. The van der Waals surface area contributed by atoms with Crippen LogP contribution in [0.5, 0.6) is 5.75 Å². The summed E-state index contributed by atoms with van der Waals surface area (Å²) in [5.41, 5.74) is 2.16. The summed E-state index contributed by atoms with van der Waals surface area (Å²) in [6.07, 6.45) is 0.614. The smallest absolute Gasteiger partial charge is 0.153 e. The number of hydrogen-bond acceptors (Lipinski definition) is 3. The van der Waals surface area contributed by atoms with E-state index in [1.165, 1.54) is 0 Å². The highest BCUT2D eigenvalue weighted by Gasteiger charge is 2.07. The number of carbonyl (C=O) groups is 1. The highest BCUT2D eigenvalue weighted by molar-refractivity contribution is 5.85. The van der Waals surface area contributed by atoms with Crippen LogP contribution in [-0.4, -0.2) is 11.4 Å². The SMILES string of the molecule is N#Cc1ccc(-c2cccc(C=O)c2O)cc1. The van der Waals surface area contributed by atoms with Gasteiger partial charge in [0.15, 0.2) is 6.29 Å². The van der Waals surface area contributed by atoms with Crippen LogP contribution < -0.4 is 0 Å². The van der Waals surface area contributed by atoms with Crippen LogP contribution in [0.25, 0.3) is 11.1 Å². The Morgan fingerprint density at radius 3 is 2.41 bits per heavy atom. The molecule has 0 aliphatic carbocycles. The van der Waals surface area contributed by atoms with Crippen molar-refractivity contribution >= 4 is 6.29 Å². The van der Waals surface area contributed by atoms with E-state index >= 15 is 0 Å². The first-order valence-corrected chi connectivity index (χ1v) is 5.04. The maximum Gasteiger partial charge on any atom is 0.153 e. The highest BCUT2D eigenvalue weighted by Crippen LogP contribution is 2.31. The van der Waals surface area contributed by atoms with E-state index in [9.17, 15) is 9.90 Å². The van der Waals surface area contributed by atoms with Gasteiger partial charge in [-0.05, 0) is 23.8 Å². The van der Waals surface area contributed by atoms with E-state index in [0.29, 0.717) is 17.4 Å². The lowest BCUT2D eigenvalue weighted by atomic mass is 10.0. The van der Waals surface area contributed by atoms with E-state index in [0.717, 1.165) is 5.56 Å². The normalized spacial score (nSPS) is 9.59. The zero-order valence-electron chi connectivity index (χ0n) is 8.92. The number of para-hydroxylation sites is 1. The van der Waals surface area contributed by atoms with Gasteiger partial charge in [0.2, 0.25) is 0 Å². The van der Waals surface area contributed by atoms with Crippen LogP contribution in [-0.2, 0) is 0 Å². The van der Waals surface area contributed by atoms with Gasteiger partial charge in [0.05, 0.1) is 17.2 Å². The number of aromatic hydroxyl groups is 1. The van der Waals surface area contributed by atoms with Crippen molar-refractivity contribution in [3.05, 3.63) is 53.6 Å². The molecular formula is C14H9NO2. The van der Waals surface area contributed by atoms with Crippen LogP contribution in [0.2, 0.25) is 0 Å². The van der Waals surface area contributed by atoms with E-state index in [1.807, 2.05) is 6.07 Å². The third kappa shape index (κ3) is 2.01. The Labute approximate surface area is 98.6 Å². The van der Waals surface area contributed by atoms with Gasteiger partial charge in [-0.15, -0.1) is 0 Å². The summed E-state index contributed by atoms with van der Waals surface area (Å²) in [7, 11) is 0. The molecule has 0 radical (unpaired) electrons.